The summed E-state index contributed by atoms with van der Waals surface area (Å²) in [6.45, 7) is 11.3. The van der Waals surface area contributed by atoms with E-state index in [0.29, 0.717) is 19.3 Å². The van der Waals surface area contributed by atoms with Crippen molar-refractivity contribution < 1.29 is 164 Å². The average molecular weight is 1400 g/mol. The molecule has 0 aromatic carbocycles. The Labute approximate surface area is 559 Å². The minimum atomic E-state index is -2.03. The highest BCUT2D eigenvalue weighted by Crippen LogP contribution is 2.76. The maximum atomic E-state index is 15.6. The predicted octanol–water partition coefficient (Wildman–Crippen LogP) is -7.17. The van der Waals surface area contributed by atoms with Gasteiger partial charge in [0, 0.05) is 11.3 Å². The van der Waals surface area contributed by atoms with Gasteiger partial charge >= 0.3 is 5.97 Å². The van der Waals surface area contributed by atoms with Crippen molar-refractivity contribution >= 4 is 5.97 Å². The van der Waals surface area contributed by atoms with E-state index < -0.39 is 286 Å². The first-order valence-corrected chi connectivity index (χ1v) is 33.8. The highest BCUT2D eigenvalue weighted by Gasteiger charge is 2.75. The van der Waals surface area contributed by atoms with Crippen molar-refractivity contribution in [3.05, 3.63) is 11.6 Å². The van der Waals surface area contributed by atoms with E-state index in [1.165, 1.54) is 13.8 Å². The van der Waals surface area contributed by atoms with Crippen molar-refractivity contribution in [2.75, 3.05) is 33.0 Å². The predicted molar refractivity (Wildman–Crippen MR) is 319 cm³/mol. The molecule has 0 amide bonds. The van der Waals surface area contributed by atoms with Crippen molar-refractivity contribution in [3.63, 3.8) is 0 Å². The number of esters is 1. The molecule has 0 bridgehead atoms. The van der Waals surface area contributed by atoms with Crippen LogP contribution in [0.3, 0.4) is 0 Å². The van der Waals surface area contributed by atoms with Crippen molar-refractivity contribution in [3.8, 4) is 0 Å². The summed E-state index contributed by atoms with van der Waals surface area (Å²) in [6.07, 6.45) is -49.5. The fourth-order valence-electron chi connectivity index (χ4n) is 19.1. The minimum absolute atomic E-state index is 0.0409. The Morgan fingerprint density at radius 1 is 0.505 bits per heavy atom. The molecule has 11 aliphatic rings. The van der Waals surface area contributed by atoms with Crippen LogP contribution in [0.1, 0.15) is 100 Å². The van der Waals surface area contributed by atoms with Crippen LogP contribution in [-0.4, -0.2) is 338 Å². The number of carbonyl (C=O) groups is 1. The molecule has 11 rings (SSSR count). The number of hydrogen-bond donors (Lipinski definition) is 20. The summed E-state index contributed by atoms with van der Waals surface area (Å²) in [4.78, 5) is 15.6. The van der Waals surface area contributed by atoms with Gasteiger partial charge < -0.3 is 159 Å². The molecule has 0 radical (unpaired) electrons. The van der Waals surface area contributed by atoms with Crippen molar-refractivity contribution in [2.24, 2.45) is 50.2 Å². The van der Waals surface area contributed by atoms with Crippen LogP contribution in [-0.2, 0) is 61.6 Å². The number of hydrogen-bond acceptors (Lipinski definition) is 33. The number of fused-ring (bicyclic) bond motifs is 7. The van der Waals surface area contributed by atoms with Gasteiger partial charge in [0.05, 0.1) is 69.7 Å². The third-order valence-electron chi connectivity index (χ3n) is 24.8. The highest BCUT2D eigenvalue weighted by molar-refractivity contribution is 5.80. The molecule has 33 heteroatoms. The molecule has 97 heavy (non-hydrogen) atoms. The number of aliphatic hydroxyl groups excluding tert-OH is 20. The van der Waals surface area contributed by atoms with Gasteiger partial charge in [-0.1, -0.05) is 53.2 Å². The number of carbonyl (C=O) groups excluding carboxylic acids is 1. The van der Waals surface area contributed by atoms with E-state index in [1.54, 1.807) is 6.92 Å². The zero-order valence-corrected chi connectivity index (χ0v) is 55.5. The van der Waals surface area contributed by atoms with Gasteiger partial charge in [0.15, 0.2) is 37.6 Å². The number of ether oxygens (including phenoxy) is 12. The molecule has 558 valence electrons. The SMILES string of the molecule is C[C@@H]1O[C@@H](O[C@@H]2[C@@H](O)[C@H](O[C@@H]3[C@@H](O)[C@@H](O)[C@H](O[C@H]4[C@H](OC(=O)[C@]56CCC(C)(C)C[C@@H]5C5=CC[C@@H]7[C@@]8(C)C[C@H](O)[C@H](O[C@@H]9O[C@H](CO[C@@H]%10O[C@H](CO)[C@@H](O)[C@H](O)[C@H]%10O)[C@@H](O)[C@H](O)[C@H]9O)[C@](C)(CO)[C@@H]8[C@H](O)C[C@@]7(C)[C@]5(C)C[C@H]6O)OC[C@H](O)[C@@H]4O)O[C@H]3C)OC[C@H]2O)[C@H](O)[C@H](O)[C@H]1O. The van der Waals surface area contributed by atoms with Crippen LogP contribution in [0.15, 0.2) is 11.6 Å². The lowest BCUT2D eigenvalue weighted by Gasteiger charge is -2.73. The molecule has 0 spiro atoms. The fourth-order valence-corrected chi connectivity index (χ4v) is 19.1. The van der Waals surface area contributed by atoms with E-state index in [-0.39, 0.29) is 25.7 Å². The summed E-state index contributed by atoms with van der Waals surface area (Å²) in [5, 5.41) is 223. The molecule has 6 saturated heterocycles. The maximum absolute atomic E-state index is 15.6. The Morgan fingerprint density at radius 3 is 1.71 bits per heavy atom. The molecule has 0 unspecified atom stereocenters. The normalized spacial score (nSPS) is 56.2. The highest BCUT2D eigenvalue weighted by atomic mass is 16.8. The molecular formula is C64H104O33. The van der Waals surface area contributed by atoms with Crippen molar-refractivity contribution in [2.45, 2.75) is 297 Å². The Hall–Kier alpha value is -2.03. The quantitative estimate of drug-likeness (QED) is 0.0411. The summed E-state index contributed by atoms with van der Waals surface area (Å²) in [6, 6.07) is 0. The van der Waals surface area contributed by atoms with Gasteiger partial charge in [-0.15, -0.1) is 0 Å². The third kappa shape index (κ3) is 12.8. The molecule has 6 heterocycles. The van der Waals surface area contributed by atoms with Crippen LogP contribution in [0.25, 0.3) is 0 Å². The molecule has 20 N–H and O–H groups in total. The summed E-state index contributed by atoms with van der Waals surface area (Å²) < 4.78 is 70.4. The second-order valence-electron chi connectivity index (χ2n) is 31.3. The van der Waals surface area contributed by atoms with Gasteiger partial charge in [-0.3, -0.25) is 4.79 Å². The first-order chi connectivity index (χ1) is 45.4. The van der Waals surface area contributed by atoms with E-state index in [1.807, 2.05) is 34.6 Å². The molecule has 6 aliphatic heterocycles. The molecule has 5 aliphatic carbocycles. The van der Waals surface area contributed by atoms with Crippen LogP contribution in [0.2, 0.25) is 0 Å². The fraction of sp³-hybridized carbons (Fsp3) is 0.953. The minimum Gasteiger partial charge on any atom is -0.432 e. The van der Waals surface area contributed by atoms with Crippen LogP contribution in [0.4, 0.5) is 0 Å². The Balaban J connectivity index is 0.794. The van der Waals surface area contributed by atoms with Gasteiger partial charge in [-0.2, -0.15) is 0 Å². The lowest BCUT2D eigenvalue weighted by molar-refractivity contribution is -0.377. The third-order valence-corrected chi connectivity index (χ3v) is 24.8. The molecule has 0 aromatic heterocycles. The van der Waals surface area contributed by atoms with Gasteiger partial charge in [-0.05, 0) is 92.3 Å². The summed E-state index contributed by atoms with van der Waals surface area (Å²) in [5.41, 5.74) is -5.70. The lowest BCUT2D eigenvalue weighted by Crippen LogP contribution is -2.73. The van der Waals surface area contributed by atoms with Crippen molar-refractivity contribution in [1.29, 1.82) is 0 Å². The molecular weight excluding hydrogens is 1300 g/mol. The molecule has 10 fully saturated rings. The Morgan fingerprint density at radius 2 is 1.06 bits per heavy atom. The van der Waals surface area contributed by atoms with Gasteiger partial charge in [-0.25, -0.2) is 0 Å². The van der Waals surface area contributed by atoms with Crippen LogP contribution in [0, 0.1) is 50.2 Å². The number of allylic oxidation sites excluding steroid dienone is 2. The summed E-state index contributed by atoms with van der Waals surface area (Å²) >= 11 is 0. The largest absolute Gasteiger partial charge is 0.432 e. The molecule has 0 aromatic rings. The first kappa shape index (κ1) is 76.1. The van der Waals surface area contributed by atoms with E-state index >= 15 is 4.79 Å². The second kappa shape index (κ2) is 28.1. The monoisotopic (exact) mass is 1400 g/mol. The zero-order chi connectivity index (χ0) is 71.0. The van der Waals surface area contributed by atoms with Gasteiger partial charge in [0.25, 0.3) is 0 Å². The van der Waals surface area contributed by atoms with Crippen molar-refractivity contribution in [1.82, 2.24) is 0 Å². The summed E-state index contributed by atoms with van der Waals surface area (Å²) in [7, 11) is 0. The number of rotatable bonds is 15. The summed E-state index contributed by atoms with van der Waals surface area (Å²) in [5.74, 6) is -2.88. The van der Waals surface area contributed by atoms with Gasteiger partial charge in [0.1, 0.15) is 121 Å². The van der Waals surface area contributed by atoms with E-state index in [2.05, 4.69) is 6.08 Å². The standard InChI is InChI=1S/C64H104O33/c1-22-34(72)38(76)43(81)54(89-22)94-48-29(70)19-86-53(46(48)84)93-47-23(2)90-55(45(83)41(47)79)95-49-35(73)28(69)18-87-57(49)97-58(85)64-12-11-59(3,4)13-25(64)24-9-10-32-60(5)14-27(68)51(61(6,21-66)50(60)26(67)15-63(32,8)62(24,7)16-33(64)71)96-56-44(82)40(78)37(75)31(92-56)20-88-52-42(80)39(77)36(74)30(17-65)91-52/h9,22-23,25-57,65-84H,10-21H2,1-8H3/t22-,23-,25+,26+,27-,28-,29+,30+,31+,32+,33+,34-,35-,36+,37+,38+,39-,40-,41-,42+,43+,44+,45+,46+,47-,48-,49+,50+,51-,52+,53-,54-,55-,56-,57-,60+,61+,62+,63+,64+/m0/s1. The zero-order valence-electron chi connectivity index (χ0n) is 55.5. The Kier molecular flexibility index (Phi) is 22.1. The second-order valence-corrected chi connectivity index (χ2v) is 31.3. The van der Waals surface area contributed by atoms with E-state index in [0.717, 1.165) is 5.57 Å². The molecule has 33 nitrogen and oxygen atoms in total. The smallest absolute Gasteiger partial charge is 0.317 e. The van der Waals surface area contributed by atoms with Crippen LogP contribution < -0.4 is 0 Å². The van der Waals surface area contributed by atoms with E-state index in [9.17, 15) is 102 Å². The van der Waals surface area contributed by atoms with Crippen LogP contribution in [0.5, 0.6) is 0 Å². The van der Waals surface area contributed by atoms with Gasteiger partial charge in [0.2, 0.25) is 6.29 Å². The maximum Gasteiger partial charge on any atom is 0.317 e. The first-order valence-electron chi connectivity index (χ1n) is 33.8. The van der Waals surface area contributed by atoms with E-state index in [4.69, 9.17) is 56.8 Å². The number of aliphatic hydroxyl groups is 20. The van der Waals surface area contributed by atoms with Crippen LogP contribution >= 0.6 is 0 Å². The Bertz CT molecular complexity index is 2750. The molecule has 4 saturated carbocycles. The topological polar surface area (TPSA) is 532 Å². The molecule has 40 atom stereocenters. The average Bonchev–Trinajstić information content (AvgIpc) is 0.666. The lowest BCUT2D eigenvalue weighted by atomic mass is 9.32.